The Bertz CT molecular complexity index is 923. The summed E-state index contributed by atoms with van der Waals surface area (Å²) in [6, 6.07) is -0.885. The molecule has 1 heterocycles. The number of carbonyl (C=O) groups is 1. The highest BCUT2D eigenvalue weighted by Gasteiger charge is 2.30. The molecule has 2 aliphatic carbocycles. The minimum Gasteiger partial charge on any atom is -0.394 e. The highest BCUT2D eigenvalue weighted by Crippen LogP contribution is 2.27. The number of aromatic nitrogens is 2. The maximum atomic E-state index is 13.2. The second kappa shape index (κ2) is 9.46. The molecule has 0 saturated carbocycles. The molecule has 0 saturated heterocycles. The van der Waals surface area contributed by atoms with Crippen molar-refractivity contribution in [2.45, 2.75) is 31.1 Å². The number of hydrogen-bond acceptors (Lipinski definition) is 6. The summed E-state index contributed by atoms with van der Waals surface area (Å²) in [5.74, 6) is -0.501. The smallest absolute Gasteiger partial charge is 0.376 e. The van der Waals surface area contributed by atoms with Crippen LogP contribution in [0.2, 0.25) is 0 Å². The van der Waals surface area contributed by atoms with E-state index in [-0.39, 0.29) is 24.0 Å². The van der Waals surface area contributed by atoms with Crippen LogP contribution in [0, 0.1) is 5.92 Å². The van der Waals surface area contributed by atoms with Crippen LogP contribution in [0.5, 0.6) is 0 Å². The number of aliphatic hydroxyl groups excluding tert-OH is 1. The maximum Gasteiger partial charge on any atom is 0.376 e. The zero-order valence-electron chi connectivity index (χ0n) is 15.8. The topological polar surface area (TPSA) is 97.5 Å². The fraction of sp³-hybridized carbons (Fsp3) is 0.350. The Morgan fingerprint density at radius 3 is 2.83 bits per heavy atom. The molecule has 160 valence electrons. The third-order valence-electron chi connectivity index (χ3n) is 4.50. The van der Waals surface area contributed by atoms with Crippen LogP contribution in [0.4, 0.5) is 8.78 Å². The lowest BCUT2D eigenvalue weighted by Crippen LogP contribution is -2.35. The van der Waals surface area contributed by atoms with Crippen molar-refractivity contribution in [1.29, 1.82) is 0 Å². The van der Waals surface area contributed by atoms with Crippen LogP contribution in [0.15, 0.2) is 58.7 Å². The molecule has 0 aromatic carbocycles. The molecule has 0 aliphatic heterocycles. The van der Waals surface area contributed by atoms with Crippen molar-refractivity contribution >= 4 is 23.1 Å². The van der Waals surface area contributed by atoms with Gasteiger partial charge in [0.1, 0.15) is 6.04 Å². The van der Waals surface area contributed by atoms with Crippen molar-refractivity contribution in [2.75, 3.05) is 6.61 Å². The Morgan fingerprint density at radius 1 is 1.43 bits per heavy atom. The van der Waals surface area contributed by atoms with Gasteiger partial charge in [0.25, 0.3) is 5.89 Å². The first-order valence-corrected chi connectivity index (χ1v) is 9.55. The first kappa shape index (κ1) is 22.1. The monoisotopic (exact) mass is 439 g/mol. The molecule has 3 atom stereocenters. The Hall–Kier alpha value is -2.62. The van der Waals surface area contributed by atoms with E-state index in [1.54, 1.807) is 24.3 Å². The number of amides is 1. The van der Waals surface area contributed by atoms with Crippen LogP contribution >= 0.6 is 11.6 Å². The molecule has 2 aliphatic rings. The molecule has 1 amide bonds. The summed E-state index contributed by atoms with van der Waals surface area (Å²) in [6.45, 7) is 2.59. The number of rotatable bonds is 8. The van der Waals surface area contributed by atoms with E-state index in [9.17, 15) is 18.7 Å². The predicted octanol–water partition coefficient (Wildman–Crippen LogP) is 3.43. The van der Waals surface area contributed by atoms with Crippen molar-refractivity contribution in [3.8, 4) is 0 Å². The first-order valence-electron chi connectivity index (χ1n) is 9.18. The summed E-state index contributed by atoms with van der Waals surface area (Å²) in [7, 11) is 0. The van der Waals surface area contributed by atoms with E-state index in [1.165, 1.54) is 12.2 Å². The van der Waals surface area contributed by atoms with E-state index >= 15 is 0 Å². The minimum atomic E-state index is -3.42. The number of nitrogens with zero attached hydrogens (tertiary/aromatic N) is 2. The van der Waals surface area contributed by atoms with Gasteiger partial charge in [-0.2, -0.15) is 13.8 Å². The fourth-order valence-corrected chi connectivity index (χ4v) is 3.01. The van der Waals surface area contributed by atoms with Crippen molar-refractivity contribution in [3.63, 3.8) is 0 Å². The van der Waals surface area contributed by atoms with Gasteiger partial charge in [0, 0.05) is 16.7 Å². The quantitative estimate of drug-likeness (QED) is 0.602. The number of carbonyl (C=O) groups excluding carboxylic acids is 1. The van der Waals surface area contributed by atoms with Gasteiger partial charge in [-0.3, -0.25) is 4.79 Å². The number of alkyl halides is 2. The van der Waals surface area contributed by atoms with E-state index < -0.39 is 30.8 Å². The predicted molar refractivity (Wildman–Crippen MR) is 105 cm³/mol. The Balaban J connectivity index is 1.62. The van der Waals surface area contributed by atoms with Gasteiger partial charge in [-0.1, -0.05) is 53.7 Å². The van der Waals surface area contributed by atoms with Gasteiger partial charge in [0.2, 0.25) is 11.7 Å². The molecule has 2 unspecified atom stereocenters. The average Bonchev–Trinajstić information content (AvgIpc) is 3.22. The fourth-order valence-electron chi connectivity index (χ4n) is 2.85. The lowest BCUT2D eigenvalue weighted by Gasteiger charge is -2.20. The van der Waals surface area contributed by atoms with Crippen LogP contribution in [0.1, 0.15) is 30.6 Å². The third kappa shape index (κ3) is 5.50. The molecule has 1 aromatic heterocycles. The van der Waals surface area contributed by atoms with E-state index in [1.807, 2.05) is 0 Å². The van der Waals surface area contributed by atoms with Crippen molar-refractivity contribution in [1.82, 2.24) is 15.5 Å². The number of halogens is 3. The van der Waals surface area contributed by atoms with Gasteiger partial charge in [-0.25, -0.2) is 0 Å². The highest BCUT2D eigenvalue weighted by molar-refractivity contribution is 6.31. The zero-order valence-corrected chi connectivity index (χ0v) is 16.6. The second-order valence-electron chi connectivity index (χ2n) is 6.67. The first-order chi connectivity index (χ1) is 14.3. The minimum absolute atomic E-state index is 0.0278. The second-order valence-corrected chi connectivity index (χ2v) is 7.10. The Labute approximate surface area is 176 Å². The summed E-state index contributed by atoms with van der Waals surface area (Å²) in [5.41, 5.74) is 0.546. The largest absolute Gasteiger partial charge is 0.394 e. The number of allylic oxidation sites excluding steroid dienone is 5. The standard InChI is InChI=1S/C20H20ClF2N3O4/c1-2-20(22,23)29-15-9-5-12(6-10-15)17-25-19(30-26-17)16(11-27)24-18(28)13-3-7-14(21)8-4-13/h2-3,5-9,13,15-16,27H,1,4,10-11H2,(H,24,28)/t13?,15?,16-/m1/s1. The van der Waals surface area contributed by atoms with E-state index in [2.05, 4.69) is 26.8 Å². The molecule has 30 heavy (non-hydrogen) atoms. The third-order valence-corrected chi connectivity index (χ3v) is 4.78. The summed E-state index contributed by atoms with van der Waals surface area (Å²) < 4.78 is 36.3. The molecule has 1 aromatic rings. The van der Waals surface area contributed by atoms with Crippen LogP contribution < -0.4 is 5.32 Å². The number of hydrogen-bond donors (Lipinski definition) is 2. The summed E-state index contributed by atoms with van der Waals surface area (Å²) in [6.07, 6.45) is 6.51. The molecule has 10 heteroatoms. The molecule has 0 bridgehead atoms. The average molecular weight is 440 g/mol. The number of ether oxygens (including phenoxy) is 1. The Morgan fingerprint density at radius 2 is 2.23 bits per heavy atom. The molecule has 2 N–H and O–H groups in total. The van der Waals surface area contributed by atoms with E-state index in [0.717, 1.165) is 0 Å². The van der Waals surface area contributed by atoms with Crippen molar-refractivity contribution in [2.24, 2.45) is 5.92 Å². The molecule has 7 nitrogen and oxygen atoms in total. The molecule has 0 fully saturated rings. The van der Waals surface area contributed by atoms with Crippen molar-refractivity contribution in [3.05, 3.63) is 65.9 Å². The highest BCUT2D eigenvalue weighted by atomic mass is 35.5. The zero-order chi connectivity index (χ0) is 21.7. The normalized spacial score (nSPS) is 22.3. The maximum absolute atomic E-state index is 13.2. The van der Waals surface area contributed by atoms with Crippen LogP contribution in [-0.4, -0.2) is 40.0 Å². The lowest BCUT2D eigenvalue weighted by atomic mass is 9.99. The van der Waals surface area contributed by atoms with Crippen LogP contribution in [-0.2, 0) is 9.53 Å². The van der Waals surface area contributed by atoms with Gasteiger partial charge in [0.15, 0.2) is 0 Å². The van der Waals surface area contributed by atoms with Crippen LogP contribution in [0.25, 0.3) is 5.57 Å². The van der Waals surface area contributed by atoms with E-state index in [0.29, 0.717) is 23.1 Å². The van der Waals surface area contributed by atoms with Crippen molar-refractivity contribution < 1.29 is 27.9 Å². The Kier molecular flexibility index (Phi) is 6.96. The van der Waals surface area contributed by atoms with Gasteiger partial charge in [0.05, 0.1) is 18.6 Å². The van der Waals surface area contributed by atoms with Gasteiger partial charge in [-0.05, 0) is 18.9 Å². The molecule has 0 spiro atoms. The number of nitrogens with one attached hydrogen (secondary N) is 1. The van der Waals surface area contributed by atoms with E-state index in [4.69, 9.17) is 16.1 Å². The number of aliphatic hydroxyl groups is 1. The summed E-state index contributed by atoms with van der Waals surface area (Å²) in [4.78, 5) is 16.6. The van der Waals surface area contributed by atoms with Crippen LogP contribution in [0.3, 0.4) is 0 Å². The van der Waals surface area contributed by atoms with Gasteiger partial charge >= 0.3 is 6.11 Å². The SMILES string of the molecule is C=CC(F)(F)OC1C=CC(c2noc([C@@H](CO)NC(=O)C3C=CC(Cl)=CC3)n2)=CC1. The summed E-state index contributed by atoms with van der Waals surface area (Å²) in [5, 5.41) is 16.7. The molecular formula is C20H20ClF2N3O4. The molecular weight excluding hydrogens is 420 g/mol. The van der Waals surface area contributed by atoms with Gasteiger partial charge in [-0.15, -0.1) is 0 Å². The summed E-state index contributed by atoms with van der Waals surface area (Å²) >= 11 is 5.85. The molecule has 0 radical (unpaired) electrons. The van der Waals surface area contributed by atoms with Gasteiger partial charge < -0.3 is 19.7 Å². The molecule has 3 rings (SSSR count). The lowest BCUT2D eigenvalue weighted by molar-refractivity contribution is -0.216.